The van der Waals surface area contributed by atoms with Gasteiger partial charge in [0, 0.05) is 17.1 Å². The van der Waals surface area contributed by atoms with E-state index in [-0.39, 0.29) is 23.4 Å². The van der Waals surface area contributed by atoms with E-state index in [1.54, 1.807) is 18.2 Å². The van der Waals surface area contributed by atoms with Crippen LogP contribution in [0.1, 0.15) is 18.7 Å². The van der Waals surface area contributed by atoms with Crippen LogP contribution in [-0.4, -0.2) is 23.3 Å². The summed E-state index contributed by atoms with van der Waals surface area (Å²) in [6, 6.07) is 9.46. The smallest absolute Gasteiger partial charge is 0.278 e. The Labute approximate surface area is 143 Å². The van der Waals surface area contributed by atoms with Gasteiger partial charge in [0.05, 0.1) is 5.57 Å². The lowest BCUT2D eigenvalue weighted by Gasteiger charge is -2.17. The van der Waals surface area contributed by atoms with Gasteiger partial charge in [-0.05, 0) is 35.6 Å². The highest BCUT2D eigenvalue weighted by Crippen LogP contribution is 2.33. The van der Waals surface area contributed by atoms with Gasteiger partial charge in [0.2, 0.25) is 0 Å². The lowest BCUT2D eigenvalue weighted by Crippen LogP contribution is -2.35. The maximum atomic E-state index is 13.4. The van der Waals surface area contributed by atoms with Gasteiger partial charge in [-0.25, -0.2) is 4.39 Å². The highest BCUT2D eigenvalue weighted by Gasteiger charge is 2.39. The fourth-order valence-electron chi connectivity index (χ4n) is 2.58. The molecule has 1 aromatic heterocycles. The molecule has 2 aromatic rings. The van der Waals surface area contributed by atoms with Gasteiger partial charge < -0.3 is 5.32 Å². The summed E-state index contributed by atoms with van der Waals surface area (Å²) in [6.07, 6.45) is 0. The monoisotopic (exact) mass is 344 g/mol. The number of anilines is 1. The van der Waals surface area contributed by atoms with Crippen LogP contribution in [0.25, 0.3) is 5.57 Å². The van der Waals surface area contributed by atoms with E-state index in [2.05, 4.69) is 5.32 Å². The number of amides is 2. The predicted octanol–water partition coefficient (Wildman–Crippen LogP) is 3.74. The Balaban J connectivity index is 2.02. The molecule has 0 unspecified atom stereocenters. The zero-order valence-electron chi connectivity index (χ0n) is 13.4. The third kappa shape index (κ3) is 3.10. The minimum absolute atomic E-state index is 0.163. The number of nitrogens with zero attached hydrogens (tertiary/aromatic N) is 1. The first-order chi connectivity index (χ1) is 11.5. The molecular formula is C18H17FN2O2S. The first-order valence-electron chi connectivity index (χ1n) is 7.64. The number of halogens is 1. The Morgan fingerprint density at radius 3 is 2.58 bits per heavy atom. The summed E-state index contributed by atoms with van der Waals surface area (Å²) in [4.78, 5) is 27.5. The summed E-state index contributed by atoms with van der Waals surface area (Å²) in [5, 5.41) is 4.79. The van der Waals surface area contributed by atoms with E-state index in [4.69, 9.17) is 0 Å². The molecule has 0 atom stereocenters. The molecule has 1 aliphatic rings. The van der Waals surface area contributed by atoms with Gasteiger partial charge in [0.15, 0.2) is 0 Å². The van der Waals surface area contributed by atoms with Crippen molar-refractivity contribution in [2.45, 2.75) is 13.8 Å². The van der Waals surface area contributed by atoms with Crippen molar-refractivity contribution in [2.75, 3.05) is 11.9 Å². The molecule has 1 aliphatic heterocycles. The predicted molar refractivity (Wildman–Crippen MR) is 92.8 cm³/mol. The molecule has 124 valence electrons. The Kier molecular flexibility index (Phi) is 4.49. The van der Waals surface area contributed by atoms with Crippen molar-refractivity contribution in [2.24, 2.45) is 5.92 Å². The Hall–Kier alpha value is -2.47. The van der Waals surface area contributed by atoms with Crippen LogP contribution in [0, 0.1) is 11.7 Å². The van der Waals surface area contributed by atoms with Crippen molar-refractivity contribution in [3.8, 4) is 0 Å². The fourth-order valence-corrected chi connectivity index (χ4v) is 3.35. The summed E-state index contributed by atoms with van der Waals surface area (Å²) in [6.45, 7) is 4.24. The van der Waals surface area contributed by atoms with Crippen LogP contribution in [-0.2, 0) is 9.59 Å². The summed E-state index contributed by atoms with van der Waals surface area (Å²) in [7, 11) is 0. The van der Waals surface area contributed by atoms with Crippen molar-refractivity contribution >= 4 is 34.4 Å². The first-order valence-corrected chi connectivity index (χ1v) is 8.52. The molecule has 6 heteroatoms. The lowest BCUT2D eigenvalue weighted by atomic mass is 10.1. The standard InChI is InChI=1S/C18H17FN2O2S/c1-11(2)10-21-17(22)15(14-7-4-8-24-14)16(18(21)23)20-13-6-3-5-12(19)9-13/h3-9,11,20H,10H2,1-2H3. The second kappa shape index (κ2) is 6.57. The van der Waals surface area contributed by atoms with Crippen molar-refractivity contribution in [1.82, 2.24) is 4.90 Å². The molecule has 0 radical (unpaired) electrons. The number of hydrogen-bond donors (Lipinski definition) is 1. The molecule has 0 saturated carbocycles. The van der Waals surface area contributed by atoms with E-state index in [1.807, 2.05) is 25.3 Å². The molecule has 0 fully saturated rings. The van der Waals surface area contributed by atoms with Crippen molar-refractivity contribution in [3.05, 3.63) is 58.2 Å². The van der Waals surface area contributed by atoms with Crippen LogP contribution >= 0.6 is 11.3 Å². The van der Waals surface area contributed by atoms with Gasteiger partial charge in [-0.3, -0.25) is 14.5 Å². The number of carbonyl (C=O) groups excluding carboxylic acids is 2. The average Bonchev–Trinajstić information content (AvgIpc) is 3.11. The topological polar surface area (TPSA) is 49.4 Å². The quantitative estimate of drug-likeness (QED) is 0.841. The zero-order chi connectivity index (χ0) is 17.3. The Bertz CT molecular complexity index is 812. The van der Waals surface area contributed by atoms with Crippen LogP contribution in [0.4, 0.5) is 10.1 Å². The van der Waals surface area contributed by atoms with Crippen LogP contribution in [0.2, 0.25) is 0 Å². The van der Waals surface area contributed by atoms with E-state index < -0.39 is 5.82 Å². The molecule has 1 N–H and O–H groups in total. The molecule has 2 amide bonds. The highest BCUT2D eigenvalue weighted by atomic mass is 32.1. The molecule has 3 rings (SSSR count). The van der Waals surface area contributed by atoms with Crippen LogP contribution in [0.5, 0.6) is 0 Å². The van der Waals surface area contributed by atoms with Crippen molar-refractivity contribution in [1.29, 1.82) is 0 Å². The number of imide groups is 1. The molecule has 1 aromatic carbocycles. The zero-order valence-corrected chi connectivity index (χ0v) is 14.2. The third-order valence-corrected chi connectivity index (χ3v) is 4.46. The SMILES string of the molecule is CC(C)CN1C(=O)C(Nc2cccc(F)c2)=C(c2cccs2)C1=O. The van der Waals surface area contributed by atoms with E-state index in [1.165, 1.54) is 28.4 Å². The van der Waals surface area contributed by atoms with E-state index >= 15 is 0 Å². The maximum absolute atomic E-state index is 13.4. The van der Waals surface area contributed by atoms with Gasteiger partial charge in [-0.2, -0.15) is 0 Å². The van der Waals surface area contributed by atoms with Gasteiger partial charge in [0.25, 0.3) is 11.8 Å². The van der Waals surface area contributed by atoms with Crippen molar-refractivity contribution < 1.29 is 14.0 Å². The van der Waals surface area contributed by atoms with Crippen molar-refractivity contribution in [3.63, 3.8) is 0 Å². The summed E-state index contributed by atoms with van der Waals surface area (Å²) in [5.41, 5.74) is 0.986. The normalized spacial score (nSPS) is 14.9. The fraction of sp³-hybridized carbons (Fsp3) is 0.222. The molecule has 0 aliphatic carbocycles. The second-order valence-electron chi connectivity index (χ2n) is 5.98. The van der Waals surface area contributed by atoms with E-state index in [9.17, 15) is 14.0 Å². The second-order valence-corrected chi connectivity index (χ2v) is 6.93. The summed E-state index contributed by atoms with van der Waals surface area (Å²) in [5.74, 6) is -0.929. The average molecular weight is 344 g/mol. The number of rotatable bonds is 5. The summed E-state index contributed by atoms with van der Waals surface area (Å²) < 4.78 is 13.4. The number of carbonyl (C=O) groups is 2. The number of hydrogen-bond acceptors (Lipinski definition) is 4. The van der Waals surface area contributed by atoms with Gasteiger partial charge in [-0.15, -0.1) is 11.3 Å². The third-order valence-electron chi connectivity index (χ3n) is 3.58. The molecule has 2 heterocycles. The van der Waals surface area contributed by atoms with Gasteiger partial charge in [-0.1, -0.05) is 26.0 Å². The summed E-state index contributed by atoms with van der Waals surface area (Å²) >= 11 is 1.39. The van der Waals surface area contributed by atoms with Crippen LogP contribution in [0.3, 0.4) is 0 Å². The molecule has 24 heavy (non-hydrogen) atoms. The number of thiophene rings is 1. The van der Waals surface area contributed by atoms with Gasteiger partial charge in [0.1, 0.15) is 11.5 Å². The molecule has 0 spiro atoms. The molecule has 0 saturated heterocycles. The first kappa shape index (κ1) is 16.4. The van der Waals surface area contributed by atoms with E-state index in [0.717, 1.165) is 4.88 Å². The van der Waals surface area contributed by atoms with Crippen LogP contribution < -0.4 is 5.32 Å². The Morgan fingerprint density at radius 1 is 1.17 bits per heavy atom. The lowest BCUT2D eigenvalue weighted by molar-refractivity contribution is -0.137. The Morgan fingerprint density at radius 2 is 1.96 bits per heavy atom. The number of benzene rings is 1. The minimum atomic E-state index is -0.408. The van der Waals surface area contributed by atoms with Gasteiger partial charge >= 0.3 is 0 Å². The molecule has 4 nitrogen and oxygen atoms in total. The minimum Gasteiger partial charge on any atom is -0.350 e. The van der Waals surface area contributed by atoms with Crippen LogP contribution in [0.15, 0.2) is 47.5 Å². The number of nitrogens with one attached hydrogen (secondary N) is 1. The highest BCUT2D eigenvalue weighted by molar-refractivity contribution is 7.11. The largest absolute Gasteiger partial charge is 0.350 e. The maximum Gasteiger partial charge on any atom is 0.278 e. The molecular weight excluding hydrogens is 327 g/mol. The molecule has 0 bridgehead atoms. The van der Waals surface area contributed by atoms with E-state index in [0.29, 0.717) is 17.8 Å².